The standard InChI is InChI=1S/C12H14Br2FNO/c1-12(7-13,8-14)16-11(17)6-9-4-2-3-5-10(9)15/h2-5H,6-8H2,1H3,(H,16,17). The summed E-state index contributed by atoms with van der Waals surface area (Å²) in [7, 11) is 0. The molecular weight excluding hydrogens is 353 g/mol. The van der Waals surface area contributed by atoms with Crippen LogP contribution in [-0.4, -0.2) is 22.1 Å². The van der Waals surface area contributed by atoms with Gasteiger partial charge in [0.15, 0.2) is 0 Å². The predicted molar refractivity (Wildman–Crippen MR) is 74.2 cm³/mol. The summed E-state index contributed by atoms with van der Waals surface area (Å²) in [5.74, 6) is -0.529. The summed E-state index contributed by atoms with van der Waals surface area (Å²) in [5.41, 5.74) is 0.0546. The lowest BCUT2D eigenvalue weighted by Crippen LogP contribution is -2.49. The van der Waals surface area contributed by atoms with Crippen molar-refractivity contribution < 1.29 is 9.18 Å². The predicted octanol–water partition coefficient (Wildman–Crippen LogP) is 3.03. The van der Waals surface area contributed by atoms with Crippen molar-refractivity contribution in [2.45, 2.75) is 18.9 Å². The van der Waals surface area contributed by atoms with Crippen LogP contribution < -0.4 is 5.32 Å². The number of hydrogen-bond acceptors (Lipinski definition) is 1. The van der Waals surface area contributed by atoms with Crippen LogP contribution in [0.5, 0.6) is 0 Å². The normalized spacial score (nSPS) is 11.3. The Balaban J connectivity index is 2.65. The van der Waals surface area contributed by atoms with Gasteiger partial charge in [-0.3, -0.25) is 4.79 Å². The van der Waals surface area contributed by atoms with E-state index in [4.69, 9.17) is 0 Å². The molecule has 1 N–H and O–H groups in total. The highest BCUT2D eigenvalue weighted by molar-refractivity contribution is 9.09. The maximum absolute atomic E-state index is 13.3. The van der Waals surface area contributed by atoms with E-state index in [1.54, 1.807) is 18.2 Å². The van der Waals surface area contributed by atoms with E-state index in [1.165, 1.54) is 6.07 Å². The van der Waals surface area contributed by atoms with E-state index in [-0.39, 0.29) is 23.7 Å². The minimum absolute atomic E-state index is 0.0578. The number of amides is 1. The van der Waals surface area contributed by atoms with Crippen molar-refractivity contribution in [3.05, 3.63) is 35.6 Å². The summed E-state index contributed by atoms with van der Waals surface area (Å²) in [6.07, 6.45) is 0.0578. The fraction of sp³-hybridized carbons (Fsp3) is 0.417. The van der Waals surface area contributed by atoms with Crippen molar-refractivity contribution in [1.82, 2.24) is 5.32 Å². The number of hydrogen-bond donors (Lipinski definition) is 1. The number of alkyl halides is 2. The van der Waals surface area contributed by atoms with Crippen LogP contribution in [0.2, 0.25) is 0 Å². The van der Waals surface area contributed by atoms with E-state index in [9.17, 15) is 9.18 Å². The molecule has 1 aromatic rings. The zero-order chi connectivity index (χ0) is 12.9. The van der Waals surface area contributed by atoms with E-state index >= 15 is 0 Å². The van der Waals surface area contributed by atoms with E-state index in [2.05, 4.69) is 37.2 Å². The summed E-state index contributed by atoms with van der Waals surface area (Å²) in [6, 6.07) is 6.31. The molecule has 0 aliphatic carbocycles. The fourth-order valence-corrected chi connectivity index (χ4v) is 2.51. The number of benzene rings is 1. The lowest BCUT2D eigenvalue weighted by Gasteiger charge is -2.26. The summed E-state index contributed by atoms with van der Waals surface area (Å²) in [6.45, 7) is 1.91. The lowest BCUT2D eigenvalue weighted by atomic mass is 10.1. The van der Waals surface area contributed by atoms with Crippen molar-refractivity contribution in [2.75, 3.05) is 10.7 Å². The van der Waals surface area contributed by atoms with Crippen molar-refractivity contribution >= 4 is 37.8 Å². The van der Waals surface area contributed by atoms with E-state index in [0.717, 1.165) is 0 Å². The van der Waals surface area contributed by atoms with Gasteiger partial charge >= 0.3 is 0 Å². The highest BCUT2D eigenvalue weighted by atomic mass is 79.9. The summed E-state index contributed by atoms with van der Waals surface area (Å²) in [4.78, 5) is 11.8. The average Bonchev–Trinajstić information content (AvgIpc) is 2.32. The molecule has 0 saturated heterocycles. The lowest BCUT2D eigenvalue weighted by molar-refractivity contribution is -0.121. The number of rotatable bonds is 5. The Morgan fingerprint density at radius 1 is 1.35 bits per heavy atom. The van der Waals surface area contributed by atoms with E-state index in [0.29, 0.717) is 16.2 Å². The molecule has 0 fully saturated rings. The molecule has 0 unspecified atom stereocenters. The molecule has 0 aliphatic heterocycles. The topological polar surface area (TPSA) is 29.1 Å². The van der Waals surface area contributed by atoms with Gasteiger partial charge in [0.05, 0.1) is 12.0 Å². The first-order chi connectivity index (χ1) is 8.00. The maximum Gasteiger partial charge on any atom is 0.225 e. The second-order valence-corrected chi connectivity index (χ2v) is 5.27. The molecule has 17 heavy (non-hydrogen) atoms. The zero-order valence-corrected chi connectivity index (χ0v) is 12.6. The molecule has 5 heteroatoms. The zero-order valence-electron chi connectivity index (χ0n) is 9.47. The molecule has 0 spiro atoms. The molecule has 1 amide bonds. The van der Waals surface area contributed by atoms with Crippen LogP contribution in [0.25, 0.3) is 0 Å². The van der Waals surface area contributed by atoms with Gasteiger partial charge in [0.2, 0.25) is 5.91 Å². The fourth-order valence-electron chi connectivity index (χ4n) is 1.30. The van der Waals surface area contributed by atoms with Gasteiger partial charge in [-0.05, 0) is 18.6 Å². The molecular formula is C12H14Br2FNO. The van der Waals surface area contributed by atoms with Gasteiger partial charge in [0, 0.05) is 10.7 Å². The van der Waals surface area contributed by atoms with Gasteiger partial charge < -0.3 is 5.32 Å². The van der Waals surface area contributed by atoms with Gasteiger partial charge in [0.25, 0.3) is 0 Å². The number of halogens is 3. The monoisotopic (exact) mass is 365 g/mol. The van der Waals surface area contributed by atoms with Crippen LogP contribution in [0.15, 0.2) is 24.3 Å². The van der Waals surface area contributed by atoms with Gasteiger partial charge in [0.1, 0.15) is 5.82 Å². The summed E-state index contributed by atoms with van der Waals surface area (Å²) < 4.78 is 13.3. The van der Waals surface area contributed by atoms with Crippen molar-refractivity contribution in [1.29, 1.82) is 0 Å². The van der Waals surface area contributed by atoms with Crippen molar-refractivity contribution in [2.24, 2.45) is 0 Å². The molecule has 0 radical (unpaired) electrons. The van der Waals surface area contributed by atoms with Crippen LogP contribution in [0.4, 0.5) is 4.39 Å². The Labute approximate surface area is 117 Å². The van der Waals surface area contributed by atoms with Gasteiger partial charge in [-0.2, -0.15) is 0 Å². The molecule has 1 aromatic carbocycles. The third kappa shape index (κ3) is 4.39. The Morgan fingerprint density at radius 2 is 1.94 bits per heavy atom. The van der Waals surface area contributed by atoms with Crippen LogP contribution >= 0.6 is 31.9 Å². The SMILES string of the molecule is CC(CBr)(CBr)NC(=O)Cc1ccccc1F. The highest BCUT2D eigenvalue weighted by Gasteiger charge is 2.23. The second kappa shape index (κ2) is 6.50. The Morgan fingerprint density at radius 3 is 2.47 bits per heavy atom. The Hall–Kier alpha value is -0.420. The van der Waals surface area contributed by atoms with E-state index in [1.807, 2.05) is 6.92 Å². The van der Waals surface area contributed by atoms with Gasteiger partial charge in [-0.25, -0.2) is 4.39 Å². The highest BCUT2D eigenvalue weighted by Crippen LogP contribution is 2.13. The van der Waals surface area contributed by atoms with Crippen molar-refractivity contribution in [3.8, 4) is 0 Å². The minimum atomic E-state index is -0.359. The molecule has 0 bridgehead atoms. The molecule has 0 heterocycles. The quantitative estimate of drug-likeness (QED) is 0.797. The van der Waals surface area contributed by atoms with Crippen LogP contribution in [0, 0.1) is 5.82 Å². The largest absolute Gasteiger partial charge is 0.349 e. The molecule has 0 aromatic heterocycles. The maximum atomic E-state index is 13.3. The third-order valence-electron chi connectivity index (χ3n) is 2.34. The van der Waals surface area contributed by atoms with Gasteiger partial charge in [-0.1, -0.05) is 50.1 Å². The third-order valence-corrected chi connectivity index (χ3v) is 4.82. The molecule has 2 nitrogen and oxygen atoms in total. The molecule has 1 rings (SSSR count). The van der Waals surface area contributed by atoms with Crippen molar-refractivity contribution in [3.63, 3.8) is 0 Å². The molecule has 94 valence electrons. The average molecular weight is 367 g/mol. The van der Waals surface area contributed by atoms with E-state index < -0.39 is 0 Å². The van der Waals surface area contributed by atoms with Gasteiger partial charge in [-0.15, -0.1) is 0 Å². The first kappa shape index (κ1) is 14.6. The Bertz CT molecular complexity index is 394. The second-order valence-electron chi connectivity index (χ2n) is 4.14. The number of carbonyl (C=O) groups is 1. The number of nitrogens with one attached hydrogen (secondary N) is 1. The first-order valence-electron chi connectivity index (χ1n) is 5.17. The minimum Gasteiger partial charge on any atom is -0.349 e. The molecule has 0 aliphatic rings. The summed E-state index contributed by atoms with van der Waals surface area (Å²) in [5, 5.41) is 4.14. The molecule has 0 atom stereocenters. The smallest absolute Gasteiger partial charge is 0.225 e. The summed E-state index contributed by atoms with van der Waals surface area (Å²) >= 11 is 6.68. The number of carbonyl (C=O) groups excluding carboxylic acids is 1. The van der Waals surface area contributed by atoms with Crippen LogP contribution in [-0.2, 0) is 11.2 Å². The Kier molecular flexibility index (Phi) is 5.59. The first-order valence-corrected chi connectivity index (χ1v) is 7.41. The van der Waals surface area contributed by atoms with Crippen LogP contribution in [0.3, 0.4) is 0 Å². The van der Waals surface area contributed by atoms with Crippen LogP contribution in [0.1, 0.15) is 12.5 Å². The molecule has 0 saturated carbocycles.